The third kappa shape index (κ3) is 3.43. The standard InChI is InChI=1S/C14H15N5O2/c1-10-5-12(4-3-11(10)6-15)18-13(20)14(2,21)7-19-9-16-8-17-19/h3-5,8-9,21H,7H2,1-2H3,(H,18,20). The Bertz CT molecular complexity index is 686. The average Bonchev–Trinajstić information content (AvgIpc) is 2.91. The van der Waals surface area contributed by atoms with Crippen molar-refractivity contribution in [3.63, 3.8) is 0 Å². The summed E-state index contributed by atoms with van der Waals surface area (Å²) >= 11 is 0. The van der Waals surface area contributed by atoms with Crippen molar-refractivity contribution in [2.75, 3.05) is 5.32 Å². The second-order valence-corrected chi connectivity index (χ2v) is 4.96. The van der Waals surface area contributed by atoms with Gasteiger partial charge >= 0.3 is 0 Å². The van der Waals surface area contributed by atoms with E-state index >= 15 is 0 Å². The first kappa shape index (κ1) is 14.7. The first-order valence-electron chi connectivity index (χ1n) is 6.29. The summed E-state index contributed by atoms with van der Waals surface area (Å²) in [7, 11) is 0. The van der Waals surface area contributed by atoms with Gasteiger partial charge in [-0.2, -0.15) is 10.4 Å². The highest BCUT2D eigenvalue weighted by molar-refractivity contribution is 5.96. The average molecular weight is 285 g/mol. The summed E-state index contributed by atoms with van der Waals surface area (Å²) in [5, 5.41) is 25.6. The Morgan fingerprint density at radius 1 is 1.57 bits per heavy atom. The third-order valence-corrected chi connectivity index (χ3v) is 3.03. The molecule has 0 saturated heterocycles. The van der Waals surface area contributed by atoms with E-state index in [1.54, 1.807) is 25.1 Å². The van der Waals surface area contributed by atoms with Gasteiger partial charge in [0.2, 0.25) is 0 Å². The van der Waals surface area contributed by atoms with Gasteiger partial charge in [0.25, 0.3) is 5.91 Å². The number of aryl methyl sites for hydroxylation is 1. The molecule has 0 spiro atoms. The van der Waals surface area contributed by atoms with E-state index in [1.807, 2.05) is 0 Å². The van der Waals surface area contributed by atoms with Crippen molar-refractivity contribution >= 4 is 11.6 Å². The number of hydrogen-bond donors (Lipinski definition) is 2. The lowest BCUT2D eigenvalue weighted by atomic mass is 10.1. The molecule has 108 valence electrons. The zero-order chi connectivity index (χ0) is 15.5. The van der Waals surface area contributed by atoms with Crippen LogP contribution in [-0.4, -0.2) is 31.4 Å². The monoisotopic (exact) mass is 285 g/mol. The fourth-order valence-corrected chi connectivity index (χ4v) is 1.83. The lowest BCUT2D eigenvalue weighted by Gasteiger charge is -2.22. The Labute approximate surface area is 121 Å². The van der Waals surface area contributed by atoms with Crippen LogP contribution < -0.4 is 5.32 Å². The van der Waals surface area contributed by atoms with Crippen LogP contribution in [0.25, 0.3) is 0 Å². The van der Waals surface area contributed by atoms with Gasteiger partial charge in [-0.1, -0.05) is 0 Å². The summed E-state index contributed by atoms with van der Waals surface area (Å²) < 4.78 is 1.38. The van der Waals surface area contributed by atoms with Crippen molar-refractivity contribution in [2.24, 2.45) is 0 Å². The highest BCUT2D eigenvalue weighted by atomic mass is 16.3. The van der Waals surface area contributed by atoms with Crippen molar-refractivity contribution in [1.82, 2.24) is 14.8 Å². The van der Waals surface area contributed by atoms with Gasteiger partial charge < -0.3 is 10.4 Å². The number of amides is 1. The number of hydrogen-bond acceptors (Lipinski definition) is 5. The molecule has 0 aliphatic heterocycles. The fraction of sp³-hybridized carbons (Fsp3) is 0.286. The summed E-state index contributed by atoms with van der Waals surface area (Å²) in [5.74, 6) is -0.554. The van der Waals surface area contributed by atoms with Gasteiger partial charge in [0.15, 0.2) is 5.60 Å². The number of benzene rings is 1. The van der Waals surface area contributed by atoms with E-state index in [1.165, 1.54) is 24.3 Å². The van der Waals surface area contributed by atoms with Crippen molar-refractivity contribution in [3.05, 3.63) is 42.0 Å². The number of carbonyl (C=O) groups excluding carboxylic acids is 1. The highest BCUT2D eigenvalue weighted by Gasteiger charge is 2.31. The van der Waals surface area contributed by atoms with Gasteiger partial charge in [-0.3, -0.25) is 4.79 Å². The maximum Gasteiger partial charge on any atom is 0.257 e. The number of nitrogens with one attached hydrogen (secondary N) is 1. The van der Waals surface area contributed by atoms with E-state index in [0.717, 1.165) is 5.56 Å². The molecule has 7 nitrogen and oxygen atoms in total. The molecule has 2 N–H and O–H groups in total. The summed E-state index contributed by atoms with van der Waals surface area (Å²) in [6.07, 6.45) is 2.76. The first-order valence-corrected chi connectivity index (χ1v) is 6.29. The molecule has 0 aliphatic rings. The maximum atomic E-state index is 12.1. The minimum Gasteiger partial charge on any atom is -0.378 e. The van der Waals surface area contributed by atoms with Crippen LogP contribution in [0.2, 0.25) is 0 Å². The fourth-order valence-electron chi connectivity index (χ4n) is 1.83. The molecule has 1 heterocycles. The summed E-state index contributed by atoms with van der Waals surface area (Å²) in [6.45, 7) is 3.18. The molecule has 1 aromatic carbocycles. The molecule has 1 unspecified atom stereocenters. The van der Waals surface area contributed by atoms with Crippen molar-refractivity contribution < 1.29 is 9.90 Å². The third-order valence-electron chi connectivity index (χ3n) is 3.03. The molecular weight excluding hydrogens is 270 g/mol. The van der Waals surface area contributed by atoms with Crippen LogP contribution in [0.5, 0.6) is 0 Å². The van der Waals surface area contributed by atoms with Crippen LogP contribution >= 0.6 is 0 Å². The van der Waals surface area contributed by atoms with Crippen LogP contribution in [0.3, 0.4) is 0 Å². The molecule has 7 heteroatoms. The largest absolute Gasteiger partial charge is 0.378 e. The number of anilines is 1. The van der Waals surface area contributed by atoms with Crippen molar-refractivity contribution in [1.29, 1.82) is 5.26 Å². The van der Waals surface area contributed by atoms with E-state index in [2.05, 4.69) is 21.5 Å². The molecule has 0 saturated carbocycles. The van der Waals surface area contributed by atoms with Gasteiger partial charge in [-0.15, -0.1) is 0 Å². The topological polar surface area (TPSA) is 104 Å². The number of carbonyl (C=O) groups is 1. The Hall–Kier alpha value is -2.72. The van der Waals surface area contributed by atoms with Crippen molar-refractivity contribution in [3.8, 4) is 6.07 Å². The van der Waals surface area contributed by atoms with Crippen LogP contribution in [0, 0.1) is 18.3 Å². The van der Waals surface area contributed by atoms with E-state index in [0.29, 0.717) is 11.3 Å². The molecule has 0 aliphatic carbocycles. The second-order valence-electron chi connectivity index (χ2n) is 4.96. The first-order chi connectivity index (χ1) is 9.92. The van der Waals surface area contributed by atoms with Crippen LogP contribution in [0.15, 0.2) is 30.9 Å². The van der Waals surface area contributed by atoms with Crippen LogP contribution in [-0.2, 0) is 11.3 Å². The Morgan fingerprint density at radius 3 is 2.90 bits per heavy atom. The number of nitriles is 1. The predicted molar refractivity (Wildman–Crippen MR) is 75.2 cm³/mol. The van der Waals surface area contributed by atoms with Gasteiger partial charge in [-0.05, 0) is 37.6 Å². The molecule has 2 aromatic rings. The van der Waals surface area contributed by atoms with E-state index in [4.69, 9.17) is 5.26 Å². The highest BCUT2D eigenvalue weighted by Crippen LogP contribution is 2.17. The zero-order valence-electron chi connectivity index (χ0n) is 11.7. The molecular formula is C14H15N5O2. The molecule has 1 atom stereocenters. The van der Waals surface area contributed by atoms with E-state index in [-0.39, 0.29) is 6.54 Å². The normalized spacial score (nSPS) is 13.2. The summed E-state index contributed by atoms with van der Waals surface area (Å²) in [6, 6.07) is 6.98. The lowest BCUT2D eigenvalue weighted by molar-refractivity contribution is -0.133. The number of aromatic nitrogens is 3. The maximum absolute atomic E-state index is 12.1. The Balaban J connectivity index is 2.10. The minimum absolute atomic E-state index is 0.00586. The summed E-state index contributed by atoms with van der Waals surface area (Å²) in [5.41, 5.74) is 0.194. The van der Waals surface area contributed by atoms with Crippen LogP contribution in [0.1, 0.15) is 18.1 Å². The number of rotatable bonds is 4. The van der Waals surface area contributed by atoms with Crippen molar-refractivity contribution in [2.45, 2.75) is 26.0 Å². The SMILES string of the molecule is Cc1cc(NC(=O)C(C)(O)Cn2cncn2)ccc1C#N. The molecule has 0 fully saturated rings. The molecule has 21 heavy (non-hydrogen) atoms. The molecule has 1 aromatic heterocycles. The second kappa shape index (κ2) is 5.73. The lowest BCUT2D eigenvalue weighted by Crippen LogP contribution is -2.43. The predicted octanol–water partition coefficient (Wildman–Crippen LogP) is 0.848. The van der Waals surface area contributed by atoms with Gasteiger partial charge in [-0.25, -0.2) is 9.67 Å². The molecule has 2 rings (SSSR count). The van der Waals surface area contributed by atoms with E-state index < -0.39 is 11.5 Å². The number of nitrogens with zero attached hydrogens (tertiary/aromatic N) is 4. The van der Waals surface area contributed by atoms with Gasteiger partial charge in [0, 0.05) is 5.69 Å². The van der Waals surface area contributed by atoms with Crippen LogP contribution in [0.4, 0.5) is 5.69 Å². The zero-order valence-corrected chi connectivity index (χ0v) is 11.7. The molecule has 0 bridgehead atoms. The minimum atomic E-state index is -1.63. The van der Waals surface area contributed by atoms with Gasteiger partial charge in [0.05, 0.1) is 18.2 Å². The Kier molecular flexibility index (Phi) is 4.00. The van der Waals surface area contributed by atoms with Gasteiger partial charge in [0.1, 0.15) is 12.7 Å². The summed E-state index contributed by atoms with van der Waals surface area (Å²) in [4.78, 5) is 15.9. The quantitative estimate of drug-likeness (QED) is 0.866. The molecule has 0 radical (unpaired) electrons. The smallest absolute Gasteiger partial charge is 0.257 e. The van der Waals surface area contributed by atoms with E-state index in [9.17, 15) is 9.90 Å². The Morgan fingerprint density at radius 2 is 2.33 bits per heavy atom. The molecule has 1 amide bonds. The number of aliphatic hydroxyl groups is 1.